The van der Waals surface area contributed by atoms with Crippen LogP contribution in [0, 0.1) is 5.92 Å². The lowest BCUT2D eigenvalue weighted by Crippen LogP contribution is -2.42. The van der Waals surface area contributed by atoms with E-state index < -0.39 is 0 Å². The van der Waals surface area contributed by atoms with E-state index in [4.69, 9.17) is 16.3 Å². The molecule has 0 aliphatic carbocycles. The van der Waals surface area contributed by atoms with E-state index in [0.29, 0.717) is 36.6 Å². The number of nitrogens with one attached hydrogen (secondary N) is 1. The fourth-order valence-electron chi connectivity index (χ4n) is 2.24. The van der Waals surface area contributed by atoms with Crippen molar-refractivity contribution in [2.45, 2.75) is 12.8 Å². The SMILES string of the molecule is COC(=O)C1CCN(C(=O)Nc2ccccc2Cl)CC1. The number of rotatable bonds is 2. The number of para-hydroxylation sites is 1. The van der Waals surface area contributed by atoms with Crippen molar-refractivity contribution in [2.75, 3.05) is 25.5 Å². The van der Waals surface area contributed by atoms with Crippen LogP contribution in [0.3, 0.4) is 0 Å². The molecule has 0 unspecified atom stereocenters. The molecule has 1 fully saturated rings. The second kappa shape index (κ2) is 6.61. The summed E-state index contributed by atoms with van der Waals surface area (Å²) in [5.41, 5.74) is 0.592. The second-order valence-corrected chi connectivity index (χ2v) is 5.10. The van der Waals surface area contributed by atoms with Gasteiger partial charge in [-0.2, -0.15) is 0 Å². The topological polar surface area (TPSA) is 58.6 Å². The molecule has 0 atom stereocenters. The van der Waals surface area contributed by atoms with Gasteiger partial charge in [-0.25, -0.2) is 4.79 Å². The van der Waals surface area contributed by atoms with E-state index in [2.05, 4.69) is 5.32 Å². The monoisotopic (exact) mass is 296 g/mol. The van der Waals surface area contributed by atoms with E-state index in [1.807, 2.05) is 6.07 Å². The van der Waals surface area contributed by atoms with Gasteiger partial charge in [0.25, 0.3) is 0 Å². The number of anilines is 1. The molecule has 1 aliphatic rings. The van der Waals surface area contributed by atoms with Gasteiger partial charge in [-0.05, 0) is 25.0 Å². The molecule has 0 radical (unpaired) electrons. The van der Waals surface area contributed by atoms with Crippen LogP contribution in [0.4, 0.5) is 10.5 Å². The number of halogens is 1. The molecule has 2 rings (SSSR count). The molecule has 1 aliphatic heterocycles. The molecule has 0 saturated carbocycles. The van der Waals surface area contributed by atoms with Crippen molar-refractivity contribution < 1.29 is 14.3 Å². The number of ether oxygens (including phenoxy) is 1. The number of hydrogen-bond donors (Lipinski definition) is 1. The number of carbonyl (C=O) groups excluding carboxylic acids is 2. The number of nitrogens with zero attached hydrogens (tertiary/aromatic N) is 1. The van der Waals surface area contributed by atoms with Crippen LogP contribution in [-0.2, 0) is 9.53 Å². The minimum Gasteiger partial charge on any atom is -0.469 e. The molecule has 1 aromatic rings. The van der Waals surface area contributed by atoms with Gasteiger partial charge in [0.15, 0.2) is 0 Å². The number of hydrogen-bond acceptors (Lipinski definition) is 3. The van der Waals surface area contributed by atoms with Crippen LogP contribution in [-0.4, -0.2) is 37.1 Å². The molecule has 1 aromatic carbocycles. The molecular weight excluding hydrogens is 280 g/mol. The molecule has 20 heavy (non-hydrogen) atoms. The summed E-state index contributed by atoms with van der Waals surface area (Å²) in [6.45, 7) is 1.08. The van der Waals surface area contributed by atoms with Gasteiger partial charge in [-0.1, -0.05) is 23.7 Å². The predicted octanol–water partition coefficient (Wildman–Crippen LogP) is 2.76. The molecule has 0 spiro atoms. The quantitative estimate of drug-likeness (QED) is 0.854. The Morgan fingerprint density at radius 2 is 1.95 bits per heavy atom. The maximum Gasteiger partial charge on any atom is 0.321 e. The van der Waals surface area contributed by atoms with E-state index in [1.165, 1.54) is 7.11 Å². The summed E-state index contributed by atoms with van der Waals surface area (Å²) in [5.74, 6) is -0.305. The lowest BCUT2D eigenvalue weighted by Gasteiger charge is -2.30. The van der Waals surface area contributed by atoms with Crippen molar-refractivity contribution >= 4 is 29.3 Å². The number of likely N-dealkylation sites (tertiary alicyclic amines) is 1. The molecule has 2 amide bonds. The average Bonchev–Trinajstić information content (AvgIpc) is 2.49. The standard InChI is InChI=1S/C14H17ClN2O3/c1-20-13(18)10-6-8-17(9-7-10)14(19)16-12-5-3-2-4-11(12)15/h2-5,10H,6-9H2,1H3,(H,16,19). The molecule has 108 valence electrons. The zero-order chi connectivity index (χ0) is 14.5. The largest absolute Gasteiger partial charge is 0.469 e. The van der Waals surface area contributed by atoms with Crippen molar-refractivity contribution in [3.05, 3.63) is 29.3 Å². The van der Waals surface area contributed by atoms with Crippen LogP contribution >= 0.6 is 11.6 Å². The third kappa shape index (κ3) is 3.42. The fraction of sp³-hybridized carbons (Fsp3) is 0.429. The summed E-state index contributed by atoms with van der Waals surface area (Å²) >= 11 is 6.00. The lowest BCUT2D eigenvalue weighted by molar-refractivity contribution is -0.146. The Hall–Kier alpha value is -1.75. The summed E-state index contributed by atoms with van der Waals surface area (Å²) in [5, 5.41) is 3.28. The summed E-state index contributed by atoms with van der Waals surface area (Å²) in [4.78, 5) is 25.2. The number of piperidine rings is 1. The molecule has 1 N–H and O–H groups in total. The fourth-order valence-corrected chi connectivity index (χ4v) is 2.42. The Morgan fingerprint density at radius 1 is 1.30 bits per heavy atom. The molecule has 5 nitrogen and oxygen atoms in total. The van der Waals surface area contributed by atoms with Crippen molar-refractivity contribution in [1.29, 1.82) is 0 Å². The highest BCUT2D eigenvalue weighted by Crippen LogP contribution is 2.23. The minimum atomic E-state index is -0.198. The second-order valence-electron chi connectivity index (χ2n) is 4.69. The number of amides is 2. The summed E-state index contributed by atoms with van der Waals surface area (Å²) < 4.78 is 4.72. The maximum absolute atomic E-state index is 12.1. The normalized spacial score (nSPS) is 15.8. The first kappa shape index (κ1) is 14.7. The highest BCUT2D eigenvalue weighted by Gasteiger charge is 2.27. The first-order chi connectivity index (χ1) is 9.61. The van der Waals surface area contributed by atoms with Gasteiger partial charge in [0, 0.05) is 13.1 Å². The molecule has 6 heteroatoms. The zero-order valence-electron chi connectivity index (χ0n) is 11.3. The summed E-state index contributed by atoms with van der Waals surface area (Å²) in [6.07, 6.45) is 1.26. The number of methoxy groups -OCH3 is 1. The maximum atomic E-state index is 12.1. The van der Waals surface area contributed by atoms with Crippen molar-refractivity contribution in [3.8, 4) is 0 Å². The smallest absolute Gasteiger partial charge is 0.321 e. The summed E-state index contributed by atoms with van der Waals surface area (Å²) in [7, 11) is 1.39. The van der Waals surface area contributed by atoms with Crippen LogP contribution in [0.25, 0.3) is 0 Å². The Morgan fingerprint density at radius 3 is 2.55 bits per heavy atom. The Bertz CT molecular complexity index is 499. The molecule has 0 bridgehead atoms. The Kier molecular flexibility index (Phi) is 4.84. The first-order valence-corrected chi connectivity index (χ1v) is 6.88. The molecule has 0 aromatic heterocycles. The van der Waals surface area contributed by atoms with Gasteiger partial charge in [0.1, 0.15) is 0 Å². The molecular formula is C14H17ClN2O3. The van der Waals surface area contributed by atoms with Crippen LogP contribution in [0.1, 0.15) is 12.8 Å². The van der Waals surface area contributed by atoms with Crippen LogP contribution in [0.5, 0.6) is 0 Å². The van der Waals surface area contributed by atoms with Crippen LogP contribution < -0.4 is 5.32 Å². The van der Waals surface area contributed by atoms with Gasteiger partial charge in [-0.3, -0.25) is 4.79 Å². The minimum absolute atomic E-state index is 0.107. The van der Waals surface area contributed by atoms with Gasteiger partial charge in [0.2, 0.25) is 0 Å². The molecule has 1 saturated heterocycles. The van der Waals surface area contributed by atoms with Crippen molar-refractivity contribution in [3.63, 3.8) is 0 Å². The number of urea groups is 1. The zero-order valence-corrected chi connectivity index (χ0v) is 12.0. The van der Waals surface area contributed by atoms with Gasteiger partial charge in [-0.15, -0.1) is 0 Å². The van der Waals surface area contributed by atoms with Gasteiger partial charge in [0.05, 0.1) is 23.7 Å². The van der Waals surface area contributed by atoms with E-state index in [9.17, 15) is 9.59 Å². The average molecular weight is 297 g/mol. The first-order valence-electron chi connectivity index (χ1n) is 6.50. The Balaban J connectivity index is 1.89. The number of carbonyl (C=O) groups is 2. The van der Waals surface area contributed by atoms with E-state index in [0.717, 1.165) is 0 Å². The van der Waals surface area contributed by atoms with E-state index >= 15 is 0 Å². The van der Waals surface area contributed by atoms with Crippen LogP contribution in [0.2, 0.25) is 5.02 Å². The highest BCUT2D eigenvalue weighted by atomic mass is 35.5. The summed E-state index contributed by atoms with van der Waals surface area (Å²) in [6, 6.07) is 6.90. The lowest BCUT2D eigenvalue weighted by atomic mass is 9.97. The van der Waals surface area contributed by atoms with Gasteiger partial charge < -0.3 is 15.0 Å². The third-order valence-electron chi connectivity index (χ3n) is 3.43. The Labute approximate surface area is 122 Å². The highest BCUT2D eigenvalue weighted by molar-refractivity contribution is 6.33. The van der Waals surface area contributed by atoms with E-state index in [-0.39, 0.29) is 17.9 Å². The van der Waals surface area contributed by atoms with Crippen molar-refractivity contribution in [1.82, 2.24) is 4.90 Å². The third-order valence-corrected chi connectivity index (χ3v) is 3.76. The van der Waals surface area contributed by atoms with Gasteiger partial charge >= 0.3 is 12.0 Å². The predicted molar refractivity (Wildman–Crippen MR) is 76.8 cm³/mol. The number of benzene rings is 1. The van der Waals surface area contributed by atoms with E-state index in [1.54, 1.807) is 23.1 Å². The van der Waals surface area contributed by atoms with Crippen LogP contribution in [0.15, 0.2) is 24.3 Å². The van der Waals surface area contributed by atoms with Crippen molar-refractivity contribution in [2.24, 2.45) is 5.92 Å². The molecule has 1 heterocycles. The number of esters is 1.